The first-order valence-corrected chi connectivity index (χ1v) is 7.22. The number of aliphatic carboxylic acids is 1. The molecule has 0 aliphatic heterocycles. The summed E-state index contributed by atoms with van der Waals surface area (Å²) in [6, 6.07) is 2.85. The molecule has 3 N–H and O–H groups in total. The number of carboxylic acid groups (broad SMARTS) is 1. The highest BCUT2D eigenvalue weighted by molar-refractivity contribution is 5.96. The minimum atomic E-state index is -1.10. The molecule has 1 atom stereocenters. The van der Waals surface area contributed by atoms with E-state index in [1.54, 1.807) is 27.7 Å². The number of nitrogens with one attached hydrogen (secondary N) is 2. The van der Waals surface area contributed by atoms with Gasteiger partial charge in [0.2, 0.25) is 0 Å². The van der Waals surface area contributed by atoms with Gasteiger partial charge < -0.3 is 15.7 Å². The SMILES string of the molecule is CC(C)NC(=O)c1ccc(N[C@H](C(=O)O)C(C)C)c([N+](=O)[O-])c1. The Labute approximate surface area is 134 Å². The van der Waals surface area contributed by atoms with Gasteiger partial charge in [-0.05, 0) is 31.9 Å². The Morgan fingerprint density at radius 2 is 1.83 bits per heavy atom. The van der Waals surface area contributed by atoms with Crippen LogP contribution in [0.25, 0.3) is 0 Å². The van der Waals surface area contributed by atoms with Crippen molar-refractivity contribution in [3.05, 3.63) is 33.9 Å². The lowest BCUT2D eigenvalue weighted by Gasteiger charge is -2.19. The van der Waals surface area contributed by atoms with Gasteiger partial charge >= 0.3 is 5.97 Å². The Morgan fingerprint density at radius 1 is 1.22 bits per heavy atom. The minimum Gasteiger partial charge on any atom is -0.480 e. The smallest absolute Gasteiger partial charge is 0.326 e. The molecule has 1 amide bonds. The maximum atomic E-state index is 11.9. The normalized spacial score (nSPS) is 12.1. The van der Waals surface area contributed by atoms with E-state index in [2.05, 4.69) is 10.6 Å². The van der Waals surface area contributed by atoms with Crippen molar-refractivity contribution in [1.82, 2.24) is 5.32 Å². The Morgan fingerprint density at radius 3 is 2.26 bits per heavy atom. The molecular weight excluding hydrogens is 302 g/mol. The Balaban J connectivity index is 3.17. The average Bonchev–Trinajstić information content (AvgIpc) is 2.42. The first-order valence-electron chi connectivity index (χ1n) is 7.22. The van der Waals surface area contributed by atoms with Gasteiger partial charge in [-0.3, -0.25) is 14.9 Å². The maximum Gasteiger partial charge on any atom is 0.326 e. The minimum absolute atomic E-state index is 0.0668. The molecule has 1 aromatic rings. The highest BCUT2D eigenvalue weighted by Crippen LogP contribution is 2.27. The first kappa shape index (κ1) is 18.4. The molecule has 0 saturated carbocycles. The molecule has 8 heteroatoms. The summed E-state index contributed by atoms with van der Waals surface area (Å²) < 4.78 is 0. The van der Waals surface area contributed by atoms with Crippen molar-refractivity contribution in [2.24, 2.45) is 5.92 Å². The lowest BCUT2D eigenvalue weighted by molar-refractivity contribution is -0.384. The van der Waals surface area contributed by atoms with E-state index in [1.807, 2.05) is 0 Å². The number of carboxylic acids is 1. The largest absolute Gasteiger partial charge is 0.480 e. The zero-order valence-corrected chi connectivity index (χ0v) is 13.5. The summed E-state index contributed by atoms with van der Waals surface area (Å²) in [5.74, 6) is -1.79. The quantitative estimate of drug-likeness (QED) is 0.522. The number of hydrogen-bond acceptors (Lipinski definition) is 5. The maximum absolute atomic E-state index is 11.9. The molecule has 0 unspecified atom stereocenters. The second kappa shape index (κ2) is 7.57. The van der Waals surface area contributed by atoms with Gasteiger partial charge in [-0.2, -0.15) is 0 Å². The van der Waals surface area contributed by atoms with Crippen LogP contribution in [0.2, 0.25) is 0 Å². The summed E-state index contributed by atoms with van der Waals surface area (Å²) >= 11 is 0. The van der Waals surface area contributed by atoms with Gasteiger partial charge in [-0.1, -0.05) is 13.8 Å². The van der Waals surface area contributed by atoms with Crippen molar-refractivity contribution in [3.8, 4) is 0 Å². The van der Waals surface area contributed by atoms with E-state index in [-0.39, 0.29) is 28.9 Å². The van der Waals surface area contributed by atoms with Crippen LogP contribution in [0.3, 0.4) is 0 Å². The molecule has 0 aliphatic carbocycles. The van der Waals surface area contributed by atoms with E-state index in [1.165, 1.54) is 12.1 Å². The van der Waals surface area contributed by atoms with Gasteiger partial charge in [-0.25, -0.2) is 4.79 Å². The second-order valence-electron chi connectivity index (χ2n) is 5.82. The van der Waals surface area contributed by atoms with Crippen molar-refractivity contribution in [1.29, 1.82) is 0 Å². The molecule has 126 valence electrons. The van der Waals surface area contributed by atoms with Gasteiger partial charge in [0.15, 0.2) is 0 Å². The number of nitro benzene ring substituents is 1. The van der Waals surface area contributed by atoms with Gasteiger partial charge in [0.1, 0.15) is 11.7 Å². The predicted molar refractivity (Wildman–Crippen MR) is 85.6 cm³/mol. The van der Waals surface area contributed by atoms with Crippen molar-refractivity contribution >= 4 is 23.3 Å². The summed E-state index contributed by atoms with van der Waals surface area (Å²) in [5.41, 5.74) is -0.127. The van der Waals surface area contributed by atoms with E-state index in [9.17, 15) is 24.8 Å². The first-order chi connectivity index (χ1) is 10.6. The van der Waals surface area contributed by atoms with Crippen LogP contribution >= 0.6 is 0 Å². The Bertz CT molecular complexity index is 613. The molecule has 0 heterocycles. The zero-order chi connectivity index (χ0) is 17.7. The third-order valence-electron chi connectivity index (χ3n) is 3.12. The van der Waals surface area contributed by atoms with Gasteiger partial charge in [0, 0.05) is 17.7 Å². The molecule has 0 radical (unpaired) electrons. The Kier molecular flexibility index (Phi) is 6.06. The monoisotopic (exact) mass is 323 g/mol. The third-order valence-corrected chi connectivity index (χ3v) is 3.12. The summed E-state index contributed by atoms with van der Waals surface area (Å²) in [7, 11) is 0. The molecule has 0 spiro atoms. The number of carbonyl (C=O) groups excluding carboxylic acids is 1. The topological polar surface area (TPSA) is 122 Å². The third kappa shape index (κ3) is 4.94. The highest BCUT2D eigenvalue weighted by atomic mass is 16.6. The molecule has 1 aromatic carbocycles. The van der Waals surface area contributed by atoms with Gasteiger partial charge in [-0.15, -0.1) is 0 Å². The molecule has 0 aliphatic rings. The fourth-order valence-electron chi connectivity index (χ4n) is 1.97. The zero-order valence-electron chi connectivity index (χ0n) is 13.5. The summed E-state index contributed by atoms with van der Waals surface area (Å²) in [6.45, 7) is 6.95. The predicted octanol–water partition coefficient (Wildman–Crippen LogP) is 2.25. The number of nitrogens with zero attached hydrogens (tertiary/aromatic N) is 1. The van der Waals surface area contributed by atoms with Crippen LogP contribution in [0.1, 0.15) is 38.1 Å². The molecule has 0 bridgehead atoms. The van der Waals surface area contributed by atoms with Crippen LogP contribution in [0.5, 0.6) is 0 Å². The molecule has 0 aromatic heterocycles. The number of carbonyl (C=O) groups is 2. The van der Waals surface area contributed by atoms with Crippen molar-refractivity contribution in [3.63, 3.8) is 0 Å². The number of hydrogen-bond donors (Lipinski definition) is 3. The van der Waals surface area contributed by atoms with Crippen molar-refractivity contribution in [2.75, 3.05) is 5.32 Å². The van der Waals surface area contributed by atoms with E-state index in [4.69, 9.17) is 0 Å². The molecule has 1 rings (SSSR count). The Hall–Kier alpha value is -2.64. The molecule has 23 heavy (non-hydrogen) atoms. The number of nitro groups is 1. The second-order valence-corrected chi connectivity index (χ2v) is 5.82. The van der Waals surface area contributed by atoms with Crippen LogP contribution in [0.4, 0.5) is 11.4 Å². The van der Waals surface area contributed by atoms with Crippen LogP contribution in [-0.2, 0) is 4.79 Å². The number of anilines is 1. The molecule has 8 nitrogen and oxygen atoms in total. The lowest BCUT2D eigenvalue weighted by Crippen LogP contribution is -2.34. The number of amides is 1. The molecule has 0 saturated heterocycles. The standard InChI is InChI=1S/C15H21N3O5/c1-8(2)13(15(20)21)17-11-6-5-10(7-12(11)18(22)23)14(19)16-9(3)4/h5-9,13,17H,1-4H3,(H,16,19)(H,20,21)/t13-/m0/s1. The van der Waals surface area contributed by atoms with E-state index >= 15 is 0 Å². The van der Waals surface area contributed by atoms with Crippen LogP contribution in [-0.4, -0.2) is 34.0 Å². The van der Waals surface area contributed by atoms with E-state index in [0.717, 1.165) is 6.07 Å². The number of benzene rings is 1. The lowest BCUT2D eigenvalue weighted by atomic mass is 10.0. The van der Waals surface area contributed by atoms with Gasteiger partial charge in [0.25, 0.3) is 11.6 Å². The van der Waals surface area contributed by atoms with E-state index < -0.39 is 22.8 Å². The number of rotatable bonds is 7. The van der Waals surface area contributed by atoms with Crippen LogP contribution < -0.4 is 10.6 Å². The molecule has 0 fully saturated rings. The van der Waals surface area contributed by atoms with Crippen molar-refractivity contribution in [2.45, 2.75) is 39.8 Å². The van der Waals surface area contributed by atoms with Crippen molar-refractivity contribution < 1.29 is 19.6 Å². The van der Waals surface area contributed by atoms with Gasteiger partial charge in [0.05, 0.1) is 4.92 Å². The van der Waals surface area contributed by atoms with Crippen LogP contribution in [0, 0.1) is 16.0 Å². The average molecular weight is 323 g/mol. The summed E-state index contributed by atoms with van der Waals surface area (Å²) in [6.07, 6.45) is 0. The summed E-state index contributed by atoms with van der Waals surface area (Å²) in [4.78, 5) is 33.7. The fourth-order valence-corrected chi connectivity index (χ4v) is 1.97. The molecular formula is C15H21N3O5. The van der Waals surface area contributed by atoms with E-state index in [0.29, 0.717) is 0 Å². The summed E-state index contributed by atoms with van der Waals surface area (Å²) in [5, 5.41) is 25.7. The fraction of sp³-hybridized carbons (Fsp3) is 0.467. The van der Waals surface area contributed by atoms with Crippen LogP contribution in [0.15, 0.2) is 18.2 Å². The highest BCUT2D eigenvalue weighted by Gasteiger charge is 2.25.